The zero-order valence-corrected chi connectivity index (χ0v) is 13.5. The Morgan fingerprint density at radius 1 is 1.40 bits per heavy atom. The number of amides is 1. The summed E-state index contributed by atoms with van der Waals surface area (Å²) in [5.74, 6) is -5.27. The topological polar surface area (TPSA) is 186 Å². The molecule has 1 heterocycles. The van der Waals surface area contributed by atoms with E-state index in [1.807, 2.05) is 0 Å². The van der Waals surface area contributed by atoms with Gasteiger partial charge in [-0.15, -0.1) is 6.58 Å². The van der Waals surface area contributed by atoms with E-state index in [0.29, 0.717) is 0 Å². The number of ether oxygens (including phenoxy) is 2. The molecule has 1 aliphatic heterocycles. The summed E-state index contributed by atoms with van der Waals surface area (Å²) in [5, 5.41) is 60.8. The molecule has 0 unspecified atom stereocenters. The lowest BCUT2D eigenvalue weighted by Gasteiger charge is -2.48. The summed E-state index contributed by atoms with van der Waals surface area (Å²) < 4.78 is 10.2. The minimum absolute atomic E-state index is 0.383. The van der Waals surface area contributed by atoms with Gasteiger partial charge >= 0.3 is 5.97 Å². The Morgan fingerprint density at radius 3 is 2.44 bits per heavy atom. The van der Waals surface area contributed by atoms with E-state index in [0.717, 1.165) is 6.92 Å². The van der Waals surface area contributed by atoms with Crippen LogP contribution in [-0.2, 0) is 19.1 Å². The molecule has 11 heteroatoms. The molecule has 0 aliphatic carbocycles. The lowest BCUT2D eigenvalue weighted by atomic mass is 9.86. The van der Waals surface area contributed by atoms with Crippen molar-refractivity contribution >= 4 is 11.9 Å². The third kappa shape index (κ3) is 4.33. The van der Waals surface area contributed by atoms with Crippen LogP contribution in [0.3, 0.4) is 0 Å². The molecule has 1 amide bonds. The van der Waals surface area contributed by atoms with Gasteiger partial charge in [-0.2, -0.15) is 0 Å². The standard InChI is InChI=1S/C14H23NO10/c1-3-4-24-14(13(22)23)12(21)10(20)8(15-6(2)17)11(25-14)9(19)7(18)5-16/h3,7-12,16,18-21H,1,4-5H2,2H3,(H,15,17)(H,22,23)/t7-,8-,9-,10-,11-,12+,14-/m1/s1. The fraction of sp³-hybridized carbons (Fsp3) is 0.714. The number of hydrogen-bond donors (Lipinski definition) is 7. The summed E-state index contributed by atoms with van der Waals surface area (Å²) in [6.45, 7) is 3.13. The maximum Gasteiger partial charge on any atom is 0.367 e. The predicted molar refractivity (Wildman–Crippen MR) is 80.1 cm³/mol. The van der Waals surface area contributed by atoms with Crippen LogP contribution < -0.4 is 5.32 Å². The molecule has 1 rings (SSSR count). The predicted octanol–water partition coefficient (Wildman–Crippen LogP) is -3.69. The molecule has 0 radical (unpaired) electrons. The van der Waals surface area contributed by atoms with Crippen molar-refractivity contribution in [1.29, 1.82) is 0 Å². The van der Waals surface area contributed by atoms with Crippen LogP contribution in [0.4, 0.5) is 0 Å². The molecule has 11 nitrogen and oxygen atoms in total. The van der Waals surface area contributed by atoms with Crippen molar-refractivity contribution in [1.82, 2.24) is 5.32 Å². The van der Waals surface area contributed by atoms with Crippen molar-refractivity contribution in [2.75, 3.05) is 13.2 Å². The minimum atomic E-state index is -2.79. The average molecular weight is 365 g/mol. The Balaban J connectivity index is 3.32. The van der Waals surface area contributed by atoms with Crippen molar-refractivity contribution in [3.63, 3.8) is 0 Å². The molecule has 0 bridgehead atoms. The van der Waals surface area contributed by atoms with Gasteiger partial charge in [-0.1, -0.05) is 6.08 Å². The Morgan fingerprint density at radius 2 is 2.00 bits per heavy atom. The van der Waals surface area contributed by atoms with E-state index in [4.69, 9.17) is 14.6 Å². The van der Waals surface area contributed by atoms with Crippen molar-refractivity contribution in [2.45, 2.75) is 49.3 Å². The third-order valence-corrected chi connectivity index (χ3v) is 3.75. The summed E-state index contributed by atoms with van der Waals surface area (Å²) in [6, 6.07) is -1.48. The van der Waals surface area contributed by atoms with E-state index in [2.05, 4.69) is 11.9 Å². The molecular weight excluding hydrogens is 342 g/mol. The van der Waals surface area contributed by atoms with Crippen LogP contribution in [-0.4, -0.2) is 98.1 Å². The van der Waals surface area contributed by atoms with E-state index in [1.165, 1.54) is 6.08 Å². The van der Waals surface area contributed by atoms with Crippen LogP contribution in [0.15, 0.2) is 12.7 Å². The summed E-state index contributed by atoms with van der Waals surface area (Å²) in [5.41, 5.74) is 0. The molecule has 0 aromatic rings. The van der Waals surface area contributed by atoms with Crippen LogP contribution >= 0.6 is 0 Å². The molecule has 25 heavy (non-hydrogen) atoms. The maximum atomic E-state index is 11.6. The molecule has 1 aliphatic rings. The second-order valence-electron chi connectivity index (χ2n) is 5.56. The lowest BCUT2D eigenvalue weighted by Crippen LogP contribution is -2.74. The molecule has 0 aromatic carbocycles. The smallest absolute Gasteiger partial charge is 0.367 e. The highest BCUT2D eigenvalue weighted by molar-refractivity contribution is 5.77. The molecular formula is C14H23NO10. The lowest BCUT2D eigenvalue weighted by molar-refractivity contribution is -0.344. The number of hydrogen-bond acceptors (Lipinski definition) is 9. The fourth-order valence-electron chi connectivity index (χ4n) is 2.51. The number of carbonyl (C=O) groups is 2. The van der Waals surface area contributed by atoms with Crippen LogP contribution in [0.1, 0.15) is 6.92 Å². The van der Waals surface area contributed by atoms with Crippen LogP contribution in [0.25, 0.3) is 0 Å². The van der Waals surface area contributed by atoms with Crippen LogP contribution in [0.5, 0.6) is 0 Å². The molecule has 0 spiro atoms. The van der Waals surface area contributed by atoms with Crippen molar-refractivity contribution < 1.29 is 49.7 Å². The first kappa shape index (κ1) is 21.4. The molecule has 1 fully saturated rings. The van der Waals surface area contributed by atoms with Crippen LogP contribution in [0.2, 0.25) is 0 Å². The Labute approximate surface area is 143 Å². The first-order valence-electron chi connectivity index (χ1n) is 7.38. The molecule has 144 valence electrons. The summed E-state index contributed by atoms with van der Waals surface area (Å²) in [6.07, 6.45) is -8.29. The van der Waals surface area contributed by atoms with E-state index in [9.17, 15) is 35.1 Å². The van der Waals surface area contributed by atoms with Gasteiger partial charge in [-0.05, 0) is 0 Å². The van der Waals surface area contributed by atoms with Gasteiger partial charge in [0.05, 0.1) is 19.3 Å². The van der Waals surface area contributed by atoms with Gasteiger partial charge in [0.25, 0.3) is 5.79 Å². The van der Waals surface area contributed by atoms with Gasteiger partial charge in [0.1, 0.15) is 30.5 Å². The highest BCUT2D eigenvalue weighted by Crippen LogP contribution is 2.34. The zero-order chi connectivity index (χ0) is 19.4. The average Bonchev–Trinajstić information content (AvgIpc) is 2.56. The summed E-state index contributed by atoms with van der Waals surface area (Å²) in [4.78, 5) is 23.0. The second kappa shape index (κ2) is 8.67. The minimum Gasteiger partial charge on any atom is -0.477 e. The number of rotatable bonds is 8. The molecule has 7 atom stereocenters. The Hall–Kier alpha value is -1.60. The quantitative estimate of drug-likeness (QED) is 0.211. The number of carbonyl (C=O) groups excluding carboxylic acids is 1. The largest absolute Gasteiger partial charge is 0.477 e. The number of carboxylic acids is 1. The van der Waals surface area contributed by atoms with E-state index >= 15 is 0 Å². The number of carboxylic acid groups (broad SMARTS) is 1. The number of aliphatic hydroxyl groups is 5. The Kier molecular flexibility index (Phi) is 7.44. The van der Waals surface area contributed by atoms with Gasteiger partial charge in [0.2, 0.25) is 5.91 Å². The summed E-state index contributed by atoms with van der Waals surface area (Å²) in [7, 11) is 0. The highest BCUT2D eigenvalue weighted by Gasteiger charge is 2.61. The first-order valence-corrected chi connectivity index (χ1v) is 7.38. The highest BCUT2D eigenvalue weighted by atomic mass is 16.7. The normalized spacial score (nSPS) is 34.8. The van der Waals surface area contributed by atoms with Crippen LogP contribution in [0, 0.1) is 0 Å². The second-order valence-corrected chi connectivity index (χ2v) is 5.56. The van der Waals surface area contributed by atoms with Crippen molar-refractivity contribution in [3.8, 4) is 0 Å². The molecule has 0 saturated carbocycles. The van der Waals surface area contributed by atoms with Crippen molar-refractivity contribution in [2.24, 2.45) is 0 Å². The van der Waals surface area contributed by atoms with E-state index in [1.54, 1.807) is 0 Å². The SMILES string of the molecule is C=CCO[C@@]1(C(=O)O)O[C@@H]([C@H](O)[C@H](O)CO)[C@H](NC(C)=O)[C@@H](O)[C@@H]1O. The third-order valence-electron chi connectivity index (χ3n) is 3.75. The van der Waals surface area contributed by atoms with Gasteiger partial charge in [0, 0.05) is 6.92 Å². The van der Waals surface area contributed by atoms with Gasteiger partial charge < -0.3 is 45.4 Å². The fourth-order valence-corrected chi connectivity index (χ4v) is 2.51. The molecule has 1 saturated heterocycles. The molecule has 0 aromatic heterocycles. The maximum absolute atomic E-state index is 11.6. The van der Waals surface area contributed by atoms with Gasteiger partial charge in [0.15, 0.2) is 0 Å². The monoisotopic (exact) mass is 365 g/mol. The van der Waals surface area contributed by atoms with E-state index < -0.39 is 60.8 Å². The number of aliphatic carboxylic acids is 1. The van der Waals surface area contributed by atoms with E-state index in [-0.39, 0.29) is 6.61 Å². The number of aliphatic hydroxyl groups excluding tert-OH is 5. The first-order chi connectivity index (χ1) is 11.6. The summed E-state index contributed by atoms with van der Waals surface area (Å²) >= 11 is 0. The van der Waals surface area contributed by atoms with Gasteiger partial charge in [-0.25, -0.2) is 4.79 Å². The number of nitrogens with one attached hydrogen (secondary N) is 1. The molecule has 7 N–H and O–H groups in total. The Bertz CT molecular complexity index is 500. The van der Waals surface area contributed by atoms with Crippen molar-refractivity contribution in [3.05, 3.63) is 12.7 Å². The van der Waals surface area contributed by atoms with Gasteiger partial charge in [-0.3, -0.25) is 4.79 Å². The zero-order valence-electron chi connectivity index (χ0n) is 13.5.